The van der Waals surface area contributed by atoms with Gasteiger partial charge in [-0.25, -0.2) is 0 Å². The molecule has 126 valence electrons. The maximum absolute atomic E-state index is 12.8. The highest BCUT2D eigenvalue weighted by Crippen LogP contribution is 2.44. The fourth-order valence-electron chi connectivity index (χ4n) is 3.47. The van der Waals surface area contributed by atoms with Crippen molar-refractivity contribution >= 4 is 45.7 Å². The number of nitrogens with one attached hydrogen (secondary N) is 2. The van der Waals surface area contributed by atoms with Gasteiger partial charge in [0.2, 0.25) is 5.91 Å². The molecule has 2 aliphatic rings. The molecule has 2 aliphatic heterocycles. The van der Waals surface area contributed by atoms with Crippen molar-refractivity contribution in [1.29, 1.82) is 5.41 Å². The van der Waals surface area contributed by atoms with Gasteiger partial charge < -0.3 is 5.32 Å². The van der Waals surface area contributed by atoms with E-state index in [0.717, 1.165) is 37.6 Å². The Bertz CT molecular complexity index is 1090. The van der Waals surface area contributed by atoms with Crippen molar-refractivity contribution in [3.63, 3.8) is 0 Å². The lowest BCUT2D eigenvalue weighted by atomic mass is 10.1. The summed E-state index contributed by atoms with van der Waals surface area (Å²) >= 11 is 1.59. The molecule has 2 heterocycles. The molecule has 0 aromatic heterocycles. The number of fused-ring (bicyclic) bond motifs is 2. The van der Waals surface area contributed by atoms with Gasteiger partial charge in [0.25, 0.3) is 0 Å². The van der Waals surface area contributed by atoms with Gasteiger partial charge in [-0.15, -0.1) is 0 Å². The van der Waals surface area contributed by atoms with Crippen LogP contribution in [0.4, 0.5) is 11.4 Å². The highest BCUT2D eigenvalue weighted by atomic mass is 32.2. The molecule has 0 radical (unpaired) electrons. The standard InChI is InChI=1S/C21H15N3OS/c22-20-15(21-23-16-9-3-4-11-18(16)26-21)12-19(25)24(20)17-10-5-7-13-6-1-2-8-14(13)17/h1-11,22-23H,12H2/b21-15-,22-20?. The second-order valence-electron chi connectivity index (χ2n) is 6.28. The first-order chi connectivity index (χ1) is 12.7. The van der Waals surface area contributed by atoms with E-state index in [4.69, 9.17) is 5.41 Å². The van der Waals surface area contributed by atoms with E-state index in [1.54, 1.807) is 11.8 Å². The van der Waals surface area contributed by atoms with Gasteiger partial charge >= 0.3 is 0 Å². The van der Waals surface area contributed by atoms with E-state index in [1.165, 1.54) is 4.90 Å². The molecule has 1 amide bonds. The van der Waals surface area contributed by atoms with E-state index in [9.17, 15) is 4.79 Å². The Morgan fingerprint density at radius 1 is 0.962 bits per heavy atom. The monoisotopic (exact) mass is 357 g/mol. The lowest BCUT2D eigenvalue weighted by molar-refractivity contribution is -0.116. The topological polar surface area (TPSA) is 56.2 Å². The molecule has 0 spiro atoms. The molecule has 5 rings (SSSR count). The Balaban J connectivity index is 1.58. The number of anilines is 2. The number of amidine groups is 1. The molecule has 5 heteroatoms. The van der Waals surface area contributed by atoms with Crippen molar-refractivity contribution in [2.75, 3.05) is 10.2 Å². The lowest BCUT2D eigenvalue weighted by Crippen LogP contribution is -2.28. The predicted octanol–water partition coefficient (Wildman–Crippen LogP) is 4.98. The third-order valence-corrected chi connectivity index (χ3v) is 5.84. The Morgan fingerprint density at radius 3 is 2.62 bits per heavy atom. The van der Waals surface area contributed by atoms with Crippen LogP contribution in [0.5, 0.6) is 0 Å². The minimum Gasteiger partial charge on any atom is -0.349 e. The molecule has 1 saturated heterocycles. The third kappa shape index (κ3) is 2.24. The predicted molar refractivity (Wildman–Crippen MR) is 107 cm³/mol. The number of hydrogen-bond acceptors (Lipinski definition) is 4. The molecule has 3 aromatic carbocycles. The van der Waals surface area contributed by atoms with Crippen molar-refractivity contribution in [3.05, 3.63) is 77.3 Å². The summed E-state index contributed by atoms with van der Waals surface area (Å²) < 4.78 is 0. The smallest absolute Gasteiger partial charge is 0.237 e. The number of rotatable bonds is 1. The van der Waals surface area contributed by atoms with Crippen molar-refractivity contribution in [3.8, 4) is 0 Å². The zero-order valence-corrected chi connectivity index (χ0v) is 14.6. The van der Waals surface area contributed by atoms with Crippen LogP contribution in [0.15, 0.2) is 82.2 Å². The Labute approximate surface area is 155 Å². The van der Waals surface area contributed by atoms with Gasteiger partial charge in [-0.05, 0) is 23.6 Å². The number of thioether (sulfide) groups is 1. The highest BCUT2D eigenvalue weighted by Gasteiger charge is 2.36. The number of carbonyl (C=O) groups excluding carboxylic acids is 1. The fraction of sp³-hybridized carbons (Fsp3) is 0.0476. The Morgan fingerprint density at radius 2 is 1.73 bits per heavy atom. The van der Waals surface area contributed by atoms with Crippen LogP contribution in [0.3, 0.4) is 0 Å². The van der Waals surface area contributed by atoms with Crippen LogP contribution in [-0.4, -0.2) is 11.7 Å². The van der Waals surface area contributed by atoms with E-state index in [0.29, 0.717) is 0 Å². The van der Waals surface area contributed by atoms with Crippen LogP contribution in [-0.2, 0) is 4.79 Å². The first-order valence-electron chi connectivity index (χ1n) is 8.39. The second kappa shape index (κ2) is 5.75. The summed E-state index contributed by atoms with van der Waals surface area (Å²) in [5.74, 6) is 0.196. The van der Waals surface area contributed by atoms with Gasteiger partial charge in [-0.1, -0.05) is 60.3 Å². The molecule has 4 nitrogen and oxygen atoms in total. The van der Waals surface area contributed by atoms with Crippen LogP contribution in [0.25, 0.3) is 10.8 Å². The maximum atomic E-state index is 12.8. The summed E-state index contributed by atoms with van der Waals surface area (Å²) in [5.41, 5.74) is 2.56. The Hall–Kier alpha value is -3.05. The van der Waals surface area contributed by atoms with E-state index in [2.05, 4.69) is 5.32 Å². The summed E-state index contributed by atoms with van der Waals surface area (Å²) in [7, 11) is 0. The molecule has 0 aliphatic carbocycles. The van der Waals surface area contributed by atoms with Crippen LogP contribution in [0, 0.1) is 5.41 Å². The molecule has 2 N–H and O–H groups in total. The third-order valence-electron chi connectivity index (χ3n) is 4.72. The van der Waals surface area contributed by atoms with Crippen molar-refractivity contribution in [2.45, 2.75) is 11.3 Å². The van der Waals surface area contributed by atoms with E-state index in [1.807, 2.05) is 66.7 Å². The van der Waals surface area contributed by atoms with Gasteiger partial charge in [0.05, 0.1) is 22.8 Å². The average molecular weight is 357 g/mol. The molecule has 0 unspecified atom stereocenters. The SMILES string of the molecule is N=C1/C(=C2/Nc3ccccc3S2)CC(=O)N1c1cccc2ccccc12. The zero-order chi connectivity index (χ0) is 17.7. The quantitative estimate of drug-likeness (QED) is 0.645. The minimum absolute atomic E-state index is 0.0628. The molecule has 0 atom stereocenters. The molecule has 3 aromatic rings. The van der Waals surface area contributed by atoms with Gasteiger partial charge in [-0.3, -0.25) is 15.1 Å². The highest BCUT2D eigenvalue weighted by molar-refractivity contribution is 8.03. The molecule has 26 heavy (non-hydrogen) atoms. The van der Waals surface area contributed by atoms with Gasteiger partial charge in [0.1, 0.15) is 5.84 Å². The minimum atomic E-state index is -0.0628. The largest absolute Gasteiger partial charge is 0.349 e. The number of para-hydroxylation sites is 1. The molecular weight excluding hydrogens is 342 g/mol. The van der Waals surface area contributed by atoms with E-state index >= 15 is 0 Å². The number of amides is 1. The number of hydrogen-bond donors (Lipinski definition) is 2. The summed E-state index contributed by atoms with van der Waals surface area (Å²) in [4.78, 5) is 15.4. The fourth-order valence-corrected chi connectivity index (χ4v) is 4.52. The summed E-state index contributed by atoms with van der Waals surface area (Å²) in [5, 5.41) is 15.0. The van der Waals surface area contributed by atoms with E-state index < -0.39 is 0 Å². The average Bonchev–Trinajstić information content (AvgIpc) is 3.22. The molecule has 0 saturated carbocycles. The molecule has 0 bridgehead atoms. The first kappa shape index (κ1) is 15.2. The van der Waals surface area contributed by atoms with Gasteiger partial charge in [0, 0.05) is 15.9 Å². The molecule has 1 fully saturated rings. The number of benzene rings is 3. The van der Waals surface area contributed by atoms with Crippen LogP contribution in [0.1, 0.15) is 6.42 Å². The first-order valence-corrected chi connectivity index (χ1v) is 9.21. The number of carbonyl (C=O) groups is 1. The normalized spacial score (nSPS) is 19.2. The second-order valence-corrected chi connectivity index (χ2v) is 7.34. The van der Waals surface area contributed by atoms with Crippen LogP contribution >= 0.6 is 11.8 Å². The van der Waals surface area contributed by atoms with Crippen molar-refractivity contribution in [2.24, 2.45) is 0 Å². The summed E-state index contributed by atoms with van der Waals surface area (Å²) in [6, 6.07) is 21.8. The Kier molecular flexibility index (Phi) is 3.36. The van der Waals surface area contributed by atoms with Gasteiger partial charge in [0.15, 0.2) is 0 Å². The van der Waals surface area contributed by atoms with Crippen molar-refractivity contribution in [1.82, 2.24) is 0 Å². The zero-order valence-electron chi connectivity index (χ0n) is 13.8. The maximum Gasteiger partial charge on any atom is 0.237 e. The van der Waals surface area contributed by atoms with Crippen molar-refractivity contribution < 1.29 is 4.79 Å². The lowest BCUT2D eigenvalue weighted by Gasteiger charge is -2.18. The molecular formula is C21H15N3OS. The van der Waals surface area contributed by atoms with Crippen LogP contribution < -0.4 is 10.2 Å². The van der Waals surface area contributed by atoms with Gasteiger partial charge in [-0.2, -0.15) is 0 Å². The van der Waals surface area contributed by atoms with E-state index in [-0.39, 0.29) is 18.2 Å². The summed E-state index contributed by atoms with van der Waals surface area (Å²) in [6.07, 6.45) is 0.241. The van der Waals surface area contributed by atoms with Crippen LogP contribution in [0.2, 0.25) is 0 Å². The number of nitrogens with zero attached hydrogens (tertiary/aromatic N) is 1. The summed E-state index contributed by atoms with van der Waals surface area (Å²) in [6.45, 7) is 0.